The van der Waals surface area contributed by atoms with Crippen LogP contribution in [0.5, 0.6) is 0 Å². The summed E-state index contributed by atoms with van der Waals surface area (Å²) in [6.45, 7) is 5.76. The summed E-state index contributed by atoms with van der Waals surface area (Å²) in [5, 5.41) is 1.11. The molecule has 3 heterocycles. The first-order valence-corrected chi connectivity index (χ1v) is 9.51. The molecule has 1 aromatic carbocycles. The maximum Gasteiger partial charge on any atom is 0.289 e. The number of fused-ring (bicyclic) bond motifs is 1. The van der Waals surface area contributed by atoms with Crippen molar-refractivity contribution < 1.29 is 14.0 Å². The van der Waals surface area contributed by atoms with Crippen LogP contribution in [0.2, 0.25) is 5.15 Å². The lowest BCUT2D eigenvalue weighted by molar-refractivity contribution is 0.0518. The molecule has 0 spiro atoms. The molecule has 0 saturated carbocycles. The number of piperazine rings is 1. The summed E-state index contributed by atoms with van der Waals surface area (Å²) in [5.74, 6) is -0.00981. The van der Waals surface area contributed by atoms with Crippen molar-refractivity contribution in [1.82, 2.24) is 14.8 Å². The molecule has 0 radical (unpaired) electrons. The van der Waals surface area contributed by atoms with Gasteiger partial charge >= 0.3 is 0 Å². The van der Waals surface area contributed by atoms with Crippen LogP contribution in [0.4, 0.5) is 0 Å². The van der Waals surface area contributed by atoms with Gasteiger partial charge in [0.05, 0.1) is 17.3 Å². The van der Waals surface area contributed by atoms with Crippen LogP contribution in [0.1, 0.15) is 32.0 Å². The number of carbonyl (C=O) groups is 2. The van der Waals surface area contributed by atoms with Crippen molar-refractivity contribution in [2.45, 2.75) is 13.8 Å². The normalized spacial score (nSPS) is 14.5. The standard InChI is InChI=1S/C21H20ClN3O3/c1-13-10-14(2)18-15(11-13)12-16(19(22)23-18)20(26)24-5-7-25(8-6-24)21(27)17-4-3-9-28-17/h3-4,9-12H,5-8H2,1-2H3. The molecule has 2 aromatic heterocycles. The SMILES string of the molecule is Cc1cc(C)c2nc(Cl)c(C(=O)N3CCN(C(=O)c4ccco4)CC3)cc2c1. The fraction of sp³-hybridized carbons (Fsp3) is 0.286. The van der Waals surface area contributed by atoms with E-state index in [0.717, 1.165) is 22.0 Å². The smallest absolute Gasteiger partial charge is 0.289 e. The third kappa shape index (κ3) is 3.36. The molecule has 0 bridgehead atoms. The fourth-order valence-electron chi connectivity index (χ4n) is 3.62. The summed E-state index contributed by atoms with van der Waals surface area (Å²) in [4.78, 5) is 33.2. The molecular weight excluding hydrogens is 378 g/mol. The second kappa shape index (κ2) is 7.28. The van der Waals surface area contributed by atoms with Gasteiger partial charge in [-0.2, -0.15) is 0 Å². The van der Waals surface area contributed by atoms with E-state index in [4.69, 9.17) is 16.0 Å². The molecular formula is C21H20ClN3O3. The Bertz CT molecular complexity index is 1050. The van der Waals surface area contributed by atoms with Crippen molar-refractivity contribution in [3.63, 3.8) is 0 Å². The van der Waals surface area contributed by atoms with E-state index < -0.39 is 0 Å². The van der Waals surface area contributed by atoms with Crippen LogP contribution in [0.25, 0.3) is 10.9 Å². The van der Waals surface area contributed by atoms with Gasteiger partial charge in [-0.25, -0.2) is 4.98 Å². The van der Waals surface area contributed by atoms with E-state index in [-0.39, 0.29) is 17.0 Å². The van der Waals surface area contributed by atoms with Gasteiger partial charge in [0.25, 0.3) is 11.8 Å². The Labute approximate surface area is 167 Å². The van der Waals surface area contributed by atoms with Crippen molar-refractivity contribution in [3.8, 4) is 0 Å². The molecule has 0 aliphatic carbocycles. The monoisotopic (exact) mass is 397 g/mol. The molecule has 1 aliphatic heterocycles. The molecule has 0 atom stereocenters. The van der Waals surface area contributed by atoms with E-state index in [1.54, 1.807) is 21.9 Å². The number of halogens is 1. The van der Waals surface area contributed by atoms with Gasteiger partial charge < -0.3 is 14.2 Å². The zero-order valence-electron chi connectivity index (χ0n) is 15.7. The van der Waals surface area contributed by atoms with Gasteiger partial charge in [0.1, 0.15) is 5.15 Å². The van der Waals surface area contributed by atoms with Crippen molar-refractivity contribution in [2.75, 3.05) is 26.2 Å². The molecule has 1 fully saturated rings. The Hall–Kier alpha value is -2.86. The van der Waals surface area contributed by atoms with Crippen LogP contribution in [0.3, 0.4) is 0 Å². The predicted octanol–water partition coefficient (Wildman–Crippen LogP) is 3.70. The Kier molecular flexibility index (Phi) is 4.81. The van der Waals surface area contributed by atoms with E-state index in [1.165, 1.54) is 6.26 Å². The number of benzene rings is 1. The van der Waals surface area contributed by atoms with Gasteiger partial charge in [0.2, 0.25) is 0 Å². The molecule has 2 amide bonds. The van der Waals surface area contributed by atoms with Crippen molar-refractivity contribution in [2.24, 2.45) is 0 Å². The maximum atomic E-state index is 13.0. The molecule has 0 N–H and O–H groups in total. The number of amides is 2. The predicted molar refractivity (Wildman–Crippen MR) is 107 cm³/mol. The molecule has 1 aliphatic rings. The molecule has 7 heteroatoms. The minimum Gasteiger partial charge on any atom is -0.459 e. The highest BCUT2D eigenvalue weighted by molar-refractivity contribution is 6.33. The number of carbonyl (C=O) groups excluding carboxylic acids is 2. The first-order chi connectivity index (χ1) is 13.4. The van der Waals surface area contributed by atoms with Crippen LogP contribution in [0, 0.1) is 13.8 Å². The highest BCUT2D eigenvalue weighted by Gasteiger charge is 2.28. The number of nitrogens with zero attached hydrogens (tertiary/aromatic N) is 3. The molecule has 6 nitrogen and oxygen atoms in total. The van der Waals surface area contributed by atoms with Crippen LogP contribution < -0.4 is 0 Å². The van der Waals surface area contributed by atoms with E-state index in [1.807, 2.05) is 32.0 Å². The largest absolute Gasteiger partial charge is 0.459 e. The number of furan rings is 1. The van der Waals surface area contributed by atoms with Crippen molar-refractivity contribution in [1.29, 1.82) is 0 Å². The Morgan fingerprint density at radius 3 is 2.36 bits per heavy atom. The average Bonchev–Trinajstić information content (AvgIpc) is 3.22. The second-order valence-electron chi connectivity index (χ2n) is 7.04. The van der Waals surface area contributed by atoms with Crippen LogP contribution >= 0.6 is 11.6 Å². The average molecular weight is 398 g/mol. The quantitative estimate of drug-likeness (QED) is 0.618. The van der Waals surface area contributed by atoms with Gasteiger partial charge in [-0.1, -0.05) is 23.2 Å². The third-order valence-electron chi connectivity index (χ3n) is 5.02. The van der Waals surface area contributed by atoms with Crippen molar-refractivity contribution in [3.05, 3.63) is 64.2 Å². The van der Waals surface area contributed by atoms with E-state index in [2.05, 4.69) is 4.98 Å². The van der Waals surface area contributed by atoms with Gasteiger partial charge in [0.15, 0.2) is 5.76 Å². The van der Waals surface area contributed by atoms with Gasteiger partial charge in [0, 0.05) is 31.6 Å². The van der Waals surface area contributed by atoms with E-state index in [0.29, 0.717) is 37.5 Å². The number of aryl methyl sites for hydroxylation is 2. The summed E-state index contributed by atoms with van der Waals surface area (Å²) in [6.07, 6.45) is 1.48. The Morgan fingerprint density at radius 2 is 1.71 bits per heavy atom. The minimum absolute atomic E-state index is 0.159. The maximum absolute atomic E-state index is 13.0. The number of hydrogen-bond acceptors (Lipinski definition) is 4. The van der Waals surface area contributed by atoms with E-state index >= 15 is 0 Å². The molecule has 28 heavy (non-hydrogen) atoms. The first kappa shape index (κ1) is 18.5. The summed E-state index contributed by atoms with van der Waals surface area (Å²) in [7, 11) is 0. The molecule has 4 rings (SSSR count). The Balaban J connectivity index is 1.52. The summed E-state index contributed by atoms with van der Waals surface area (Å²) in [6, 6.07) is 9.19. The third-order valence-corrected chi connectivity index (χ3v) is 5.31. The topological polar surface area (TPSA) is 66.7 Å². The van der Waals surface area contributed by atoms with Gasteiger partial charge in [-0.15, -0.1) is 0 Å². The summed E-state index contributed by atoms with van der Waals surface area (Å²) < 4.78 is 5.17. The second-order valence-corrected chi connectivity index (χ2v) is 7.40. The zero-order chi connectivity index (χ0) is 19.8. The lowest BCUT2D eigenvalue weighted by Gasteiger charge is -2.34. The lowest BCUT2D eigenvalue weighted by Crippen LogP contribution is -2.50. The van der Waals surface area contributed by atoms with Gasteiger partial charge in [-0.05, 0) is 43.7 Å². The first-order valence-electron chi connectivity index (χ1n) is 9.13. The van der Waals surface area contributed by atoms with Gasteiger partial charge in [-0.3, -0.25) is 9.59 Å². The lowest BCUT2D eigenvalue weighted by atomic mass is 10.0. The minimum atomic E-state index is -0.163. The summed E-state index contributed by atoms with van der Waals surface area (Å²) in [5.41, 5.74) is 3.34. The number of hydrogen-bond donors (Lipinski definition) is 0. The summed E-state index contributed by atoms with van der Waals surface area (Å²) >= 11 is 6.34. The highest BCUT2D eigenvalue weighted by atomic mass is 35.5. The number of rotatable bonds is 2. The van der Waals surface area contributed by atoms with E-state index in [9.17, 15) is 9.59 Å². The number of aromatic nitrogens is 1. The Morgan fingerprint density at radius 1 is 1.04 bits per heavy atom. The zero-order valence-corrected chi connectivity index (χ0v) is 16.5. The van der Waals surface area contributed by atoms with Crippen LogP contribution in [-0.4, -0.2) is 52.8 Å². The molecule has 3 aromatic rings. The molecule has 144 valence electrons. The molecule has 0 unspecified atom stereocenters. The van der Waals surface area contributed by atoms with Crippen molar-refractivity contribution >= 4 is 34.3 Å². The highest BCUT2D eigenvalue weighted by Crippen LogP contribution is 2.26. The fourth-order valence-corrected chi connectivity index (χ4v) is 3.84. The van der Waals surface area contributed by atoms with Crippen LogP contribution in [0.15, 0.2) is 41.0 Å². The number of pyridine rings is 1. The van der Waals surface area contributed by atoms with Crippen LogP contribution in [-0.2, 0) is 0 Å². The molecule has 1 saturated heterocycles.